The molecule has 0 aliphatic heterocycles. The molecule has 0 amide bonds. The van der Waals surface area contributed by atoms with Crippen molar-refractivity contribution in [2.45, 2.75) is 19.1 Å². The van der Waals surface area contributed by atoms with Crippen LogP contribution in [0.5, 0.6) is 0 Å². The molecule has 1 heterocycles. The summed E-state index contributed by atoms with van der Waals surface area (Å²) < 4.78 is 39.6. The van der Waals surface area contributed by atoms with Crippen molar-refractivity contribution < 1.29 is 23.1 Å². The number of rotatable bonds is 3. The van der Waals surface area contributed by atoms with Crippen LogP contribution >= 0.6 is 0 Å². The SMILES string of the molecule is CC(c1ccccc1)n1nnc(C(=O)O)c1C(F)(F)F. The lowest BCUT2D eigenvalue weighted by Gasteiger charge is -2.16. The Labute approximate surface area is 111 Å². The van der Waals surface area contributed by atoms with E-state index in [4.69, 9.17) is 5.11 Å². The Morgan fingerprint density at radius 2 is 1.90 bits per heavy atom. The van der Waals surface area contributed by atoms with Gasteiger partial charge in [0, 0.05) is 0 Å². The monoisotopic (exact) mass is 285 g/mol. The van der Waals surface area contributed by atoms with Gasteiger partial charge in [0.05, 0.1) is 6.04 Å². The first kappa shape index (κ1) is 14.0. The fourth-order valence-electron chi connectivity index (χ4n) is 1.85. The minimum absolute atomic E-state index is 0.569. The highest BCUT2D eigenvalue weighted by atomic mass is 19.4. The first-order chi connectivity index (χ1) is 9.32. The van der Waals surface area contributed by atoms with Crippen molar-refractivity contribution in [1.82, 2.24) is 15.0 Å². The molecular weight excluding hydrogens is 275 g/mol. The van der Waals surface area contributed by atoms with Gasteiger partial charge in [-0.05, 0) is 12.5 Å². The molecule has 0 aliphatic carbocycles. The number of alkyl halides is 3. The Morgan fingerprint density at radius 3 is 2.40 bits per heavy atom. The second kappa shape index (κ2) is 4.95. The molecule has 0 saturated heterocycles. The molecule has 8 heteroatoms. The Bertz CT molecular complexity index is 623. The Balaban J connectivity index is 2.55. The minimum Gasteiger partial charge on any atom is -0.476 e. The van der Waals surface area contributed by atoms with Gasteiger partial charge in [-0.3, -0.25) is 0 Å². The van der Waals surface area contributed by atoms with Gasteiger partial charge in [-0.2, -0.15) is 13.2 Å². The third kappa shape index (κ3) is 2.49. The summed E-state index contributed by atoms with van der Waals surface area (Å²) in [6.45, 7) is 1.49. The largest absolute Gasteiger partial charge is 0.476 e. The van der Waals surface area contributed by atoms with Crippen molar-refractivity contribution in [2.24, 2.45) is 0 Å². The van der Waals surface area contributed by atoms with Crippen molar-refractivity contribution in [3.63, 3.8) is 0 Å². The van der Waals surface area contributed by atoms with Gasteiger partial charge in [0.1, 0.15) is 0 Å². The van der Waals surface area contributed by atoms with Gasteiger partial charge in [0.25, 0.3) is 0 Å². The highest BCUT2D eigenvalue weighted by molar-refractivity contribution is 5.86. The van der Waals surface area contributed by atoms with E-state index in [0.29, 0.717) is 10.2 Å². The number of aromatic nitrogens is 3. The Kier molecular flexibility index (Phi) is 3.47. The molecule has 2 rings (SSSR count). The number of benzene rings is 1. The highest BCUT2D eigenvalue weighted by Crippen LogP contribution is 2.33. The zero-order valence-electron chi connectivity index (χ0n) is 10.3. The van der Waals surface area contributed by atoms with Crippen molar-refractivity contribution in [1.29, 1.82) is 0 Å². The normalized spacial score (nSPS) is 13.2. The van der Waals surface area contributed by atoms with E-state index in [1.54, 1.807) is 30.3 Å². The summed E-state index contributed by atoms with van der Waals surface area (Å²) in [5, 5.41) is 15.2. The summed E-state index contributed by atoms with van der Waals surface area (Å²) >= 11 is 0. The number of aromatic carboxylic acids is 1. The van der Waals surface area contributed by atoms with Crippen molar-refractivity contribution in [3.8, 4) is 0 Å². The third-order valence-corrected chi connectivity index (χ3v) is 2.81. The molecule has 0 fully saturated rings. The predicted octanol–water partition coefficient (Wildman–Crippen LogP) is 2.60. The summed E-state index contributed by atoms with van der Waals surface area (Å²) in [7, 11) is 0. The van der Waals surface area contributed by atoms with E-state index in [-0.39, 0.29) is 0 Å². The molecule has 1 unspecified atom stereocenters. The molecule has 20 heavy (non-hydrogen) atoms. The lowest BCUT2D eigenvalue weighted by molar-refractivity contribution is -0.145. The minimum atomic E-state index is -4.85. The van der Waals surface area contributed by atoms with Gasteiger partial charge in [-0.25, -0.2) is 9.48 Å². The van der Waals surface area contributed by atoms with Crippen LogP contribution in [0.1, 0.15) is 34.7 Å². The molecule has 1 N–H and O–H groups in total. The van der Waals surface area contributed by atoms with Gasteiger partial charge in [-0.15, -0.1) is 5.10 Å². The molecule has 106 valence electrons. The molecular formula is C12H10F3N3O2. The first-order valence-electron chi connectivity index (χ1n) is 5.63. The summed E-state index contributed by atoms with van der Waals surface area (Å²) in [5.41, 5.74) is -1.89. The maximum Gasteiger partial charge on any atom is 0.435 e. The van der Waals surface area contributed by atoms with Crippen molar-refractivity contribution in [2.75, 3.05) is 0 Å². The second-order valence-corrected chi connectivity index (χ2v) is 4.12. The average Bonchev–Trinajstić information content (AvgIpc) is 2.83. The van der Waals surface area contributed by atoms with Crippen LogP contribution in [-0.2, 0) is 6.18 Å². The first-order valence-corrected chi connectivity index (χ1v) is 5.63. The van der Waals surface area contributed by atoms with Gasteiger partial charge < -0.3 is 5.11 Å². The zero-order chi connectivity index (χ0) is 14.9. The van der Waals surface area contributed by atoms with E-state index >= 15 is 0 Å². The van der Waals surface area contributed by atoms with Gasteiger partial charge in [0.15, 0.2) is 5.69 Å². The predicted molar refractivity (Wildman–Crippen MR) is 62.2 cm³/mol. The van der Waals surface area contributed by atoms with E-state index in [2.05, 4.69) is 10.3 Å². The number of carboxylic acid groups (broad SMARTS) is 1. The molecule has 0 bridgehead atoms. The van der Waals surface area contributed by atoms with Crippen LogP contribution in [0.2, 0.25) is 0 Å². The standard InChI is InChI=1S/C12H10F3N3O2/c1-7(8-5-3-2-4-6-8)18-10(12(13,14)15)9(11(19)20)16-17-18/h2-7H,1H3,(H,19,20). The van der Waals surface area contributed by atoms with Crippen LogP contribution in [0.25, 0.3) is 0 Å². The summed E-state index contributed by atoms with van der Waals surface area (Å²) in [6.07, 6.45) is -4.85. The highest BCUT2D eigenvalue weighted by Gasteiger charge is 2.42. The molecule has 1 atom stereocenters. The molecule has 1 aromatic heterocycles. The van der Waals surface area contributed by atoms with Crippen LogP contribution < -0.4 is 0 Å². The molecule has 0 aliphatic rings. The van der Waals surface area contributed by atoms with Crippen molar-refractivity contribution in [3.05, 3.63) is 47.3 Å². The van der Waals surface area contributed by atoms with Crippen molar-refractivity contribution >= 4 is 5.97 Å². The zero-order valence-corrected chi connectivity index (χ0v) is 10.3. The van der Waals surface area contributed by atoms with Crippen LogP contribution in [-0.4, -0.2) is 26.1 Å². The quantitative estimate of drug-likeness (QED) is 0.941. The van der Waals surface area contributed by atoms with E-state index in [1.165, 1.54) is 6.92 Å². The Hall–Kier alpha value is -2.38. The number of hydrogen-bond acceptors (Lipinski definition) is 3. The Morgan fingerprint density at radius 1 is 1.30 bits per heavy atom. The van der Waals surface area contributed by atoms with E-state index in [1.807, 2.05) is 0 Å². The van der Waals surface area contributed by atoms with E-state index < -0.39 is 29.6 Å². The maximum absolute atomic E-state index is 13.0. The molecule has 0 radical (unpaired) electrons. The van der Waals surface area contributed by atoms with Gasteiger partial charge >= 0.3 is 12.1 Å². The van der Waals surface area contributed by atoms with Crippen LogP contribution in [0.3, 0.4) is 0 Å². The molecule has 2 aromatic rings. The van der Waals surface area contributed by atoms with Crippen LogP contribution in [0, 0.1) is 0 Å². The summed E-state index contributed by atoms with van der Waals surface area (Å²) in [6, 6.07) is 7.56. The fraction of sp³-hybridized carbons (Fsp3) is 0.250. The number of nitrogens with zero attached hydrogens (tertiary/aromatic N) is 3. The maximum atomic E-state index is 13.0. The molecule has 0 saturated carbocycles. The van der Waals surface area contributed by atoms with Gasteiger partial charge in [-0.1, -0.05) is 35.5 Å². The second-order valence-electron chi connectivity index (χ2n) is 4.12. The number of carboxylic acids is 1. The smallest absolute Gasteiger partial charge is 0.435 e. The summed E-state index contributed by atoms with van der Waals surface area (Å²) in [5.74, 6) is -1.76. The molecule has 0 spiro atoms. The number of halogens is 3. The van der Waals surface area contributed by atoms with Gasteiger partial charge in [0.2, 0.25) is 5.69 Å². The van der Waals surface area contributed by atoms with Crippen LogP contribution in [0.15, 0.2) is 30.3 Å². The average molecular weight is 285 g/mol. The topological polar surface area (TPSA) is 68.0 Å². The lowest BCUT2D eigenvalue weighted by Crippen LogP contribution is -2.21. The lowest BCUT2D eigenvalue weighted by atomic mass is 10.1. The van der Waals surface area contributed by atoms with E-state index in [0.717, 1.165) is 0 Å². The third-order valence-electron chi connectivity index (χ3n) is 2.81. The number of carbonyl (C=O) groups is 1. The number of hydrogen-bond donors (Lipinski definition) is 1. The molecule has 5 nitrogen and oxygen atoms in total. The molecule has 1 aromatic carbocycles. The summed E-state index contributed by atoms with van der Waals surface area (Å²) in [4.78, 5) is 10.8. The van der Waals surface area contributed by atoms with E-state index in [9.17, 15) is 18.0 Å². The fourth-order valence-corrected chi connectivity index (χ4v) is 1.85. The van der Waals surface area contributed by atoms with Crippen LogP contribution in [0.4, 0.5) is 13.2 Å².